The summed E-state index contributed by atoms with van der Waals surface area (Å²) in [6.45, 7) is 4.76. The Morgan fingerprint density at radius 3 is 2.44 bits per heavy atom. The highest BCUT2D eigenvalue weighted by Gasteiger charge is 2.59. The molecule has 8 heteroatoms. The molecule has 0 aromatic heterocycles. The van der Waals surface area contributed by atoms with Crippen molar-refractivity contribution < 1.29 is 23.1 Å². The maximum absolute atomic E-state index is 13.7. The van der Waals surface area contributed by atoms with Crippen LogP contribution in [0, 0.1) is 23.5 Å². The molecule has 1 N–H and O–H groups in total. The average molecular weight is 496 g/mol. The van der Waals surface area contributed by atoms with Crippen LogP contribution in [0.2, 0.25) is 0 Å². The number of hydrogen-bond donors (Lipinski definition) is 1. The van der Waals surface area contributed by atoms with Crippen molar-refractivity contribution in [3.63, 3.8) is 0 Å². The van der Waals surface area contributed by atoms with Gasteiger partial charge in [0.2, 0.25) is 11.8 Å². The molecular formula is C28H31F2N3O3. The van der Waals surface area contributed by atoms with E-state index in [2.05, 4.69) is 22.3 Å². The molecular weight excluding hydrogens is 464 g/mol. The fourth-order valence-electron chi connectivity index (χ4n) is 5.87. The molecule has 4 aliphatic rings. The predicted octanol–water partition coefficient (Wildman–Crippen LogP) is 3.21. The smallest absolute Gasteiger partial charge is 0.243 e. The van der Waals surface area contributed by atoms with E-state index in [0.29, 0.717) is 30.9 Å². The van der Waals surface area contributed by atoms with Gasteiger partial charge in [-0.3, -0.25) is 14.5 Å². The van der Waals surface area contributed by atoms with Crippen LogP contribution in [0.3, 0.4) is 0 Å². The van der Waals surface area contributed by atoms with Crippen LogP contribution in [-0.4, -0.2) is 60.0 Å². The van der Waals surface area contributed by atoms with Crippen molar-refractivity contribution >= 4 is 11.8 Å². The Kier molecular flexibility index (Phi) is 6.25. The number of nitrogens with zero attached hydrogens (tertiary/aromatic N) is 2. The lowest BCUT2D eigenvalue weighted by Crippen LogP contribution is -2.48. The molecule has 2 saturated heterocycles. The lowest BCUT2D eigenvalue weighted by molar-refractivity contribution is -0.140. The summed E-state index contributed by atoms with van der Waals surface area (Å²) in [7, 11) is 0. The first kappa shape index (κ1) is 23.6. The van der Waals surface area contributed by atoms with E-state index in [1.54, 1.807) is 11.0 Å². The molecule has 0 radical (unpaired) electrons. The van der Waals surface area contributed by atoms with Crippen LogP contribution in [-0.2, 0) is 27.4 Å². The van der Waals surface area contributed by atoms with E-state index in [-0.39, 0.29) is 29.7 Å². The molecule has 5 atom stereocenters. The van der Waals surface area contributed by atoms with Gasteiger partial charge in [0.25, 0.3) is 0 Å². The van der Waals surface area contributed by atoms with Crippen molar-refractivity contribution in [3.05, 3.63) is 70.8 Å². The predicted molar refractivity (Wildman–Crippen MR) is 129 cm³/mol. The molecule has 36 heavy (non-hydrogen) atoms. The van der Waals surface area contributed by atoms with Gasteiger partial charge in [0.05, 0.1) is 13.2 Å². The third-order valence-electron chi connectivity index (χ3n) is 8.14. The molecule has 4 fully saturated rings. The molecule has 2 heterocycles. The maximum Gasteiger partial charge on any atom is 0.243 e. The number of benzene rings is 2. The maximum atomic E-state index is 13.7. The first-order valence-electron chi connectivity index (χ1n) is 12.9. The Bertz CT molecular complexity index is 1150. The first-order chi connectivity index (χ1) is 17.5. The Balaban J connectivity index is 1.04. The van der Waals surface area contributed by atoms with Crippen LogP contribution in [0.4, 0.5) is 8.78 Å². The molecule has 2 saturated carbocycles. The van der Waals surface area contributed by atoms with Crippen LogP contribution >= 0.6 is 0 Å². The lowest BCUT2D eigenvalue weighted by Gasteiger charge is -2.27. The zero-order valence-corrected chi connectivity index (χ0v) is 20.2. The number of ether oxygens (including phenoxy) is 1. The number of nitrogens with one attached hydrogen (secondary N) is 1. The number of likely N-dealkylation sites (tertiary alicyclic amines) is 1. The molecule has 2 unspecified atom stereocenters. The largest absolute Gasteiger partial charge is 0.379 e. The van der Waals surface area contributed by atoms with Crippen LogP contribution < -0.4 is 5.32 Å². The van der Waals surface area contributed by atoms with Gasteiger partial charge in [-0.2, -0.15) is 0 Å². The lowest BCUT2D eigenvalue weighted by atomic mass is 10.1. The van der Waals surface area contributed by atoms with Gasteiger partial charge in [-0.05, 0) is 59.9 Å². The highest BCUT2D eigenvalue weighted by molar-refractivity contribution is 5.91. The molecule has 2 amide bonds. The summed E-state index contributed by atoms with van der Waals surface area (Å²) in [4.78, 5) is 30.6. The van der Waals surface area contributed by atoms with Gasteiger partial charge in [0, 0.05) is 38.1 Å². The third kappa shape index (κ3) is 4.76. The number of piperidine rings is 1. The normalized spacial score (nSPS) is 29.1. The summed E-state index contributed by atoms with van der Waals surface area (Å²) in [5.74, 6) is -1.88. The first-order valence-corrected chi connectivity index (χ1v) is 12.9. The van der Waals surface area contributed by atoms with Gasteiger partial charge in [-0.25, -0.2) is 8.78 Å². The summed E-state index contributed by atoms with van der Waals surface area (Å²) in [5, 5.41) is 3.03. The number of fused-ring (bicyclic) bond motifs is 1. The van der Waals surface area contributed by atoms with Gasteiger partial charge in [0.15, 0.2) is 11.6 Å². The third-order valence-corrected chi connectivity index (χ3v) is 8.14. The van der Waals surface area contributed by atoms with Crippen LogP contribution in [0.15, 0.2) is 42.5 Å². The average Bonchev–Trinajstić information content (AvgIpc) is 3.82. The Hall–Kier alpha value is -2.84. The number of carbonyl (C=O) groups is 2. The molecule has 190 valence electrons. The summed E-state index contributed by atoms with van der Waals surface area (Å²) in [6, 6.07) is 11.8. The number of carbonyl (C=O) groups excluding carboxylic acids is 2. The molecule has 6 nitrogen and oxygen atoms in total. The van der Waals surface area contributed by atoms with E-state index in [0.717, 1.165) is 50.9 Å². The van der Waals surface area contributed by atoms with Crippen molar-refractivity contribution in [1.29, 1.82) is 0 Å². The number of halogens is 2. The monoisotopic (exact) mass is 495 g/mol. The fraction of sp³-hybridized carbons (Fsp3) is 0.500. The minimum atomic E-state index is -0.889. The van der Waals surface area contributed by atoms with Crippen molar-refractivity contribution in [2.24, 2.45) is 11.8 Å². The number of hydrogen-bond acceptors (Lipinski definition) is 4. The number of morpholine rings is 1. The highest BCUT2D eigenvalue weighted by atomic mass is 19.2. The second-order valence-electron chi connectivity index (χ2n) is 10.6. The minimum Gasteiger partial charge on any atom is -0.379 e. The van der Waals surface area contributed by atoms with Crippen LogP contribution in [0.5, 0.6) is 0 Å². The highest BCUT2D eigenvalue weighted by Crippen LogP contribution is 2.54. The Morgan fingerprint density at radius 2 is 1.69 bits per heavy atom. The van der Waals surface area contributed by atoms with Crippen molar-refractivity contribution in [2.45, 2.75) is 50.4 Å². The zero-order valence-electron chi connectivity index (χ0n) is 20.2. The van der Waals surface area contributed by atoms with Crippen molar-refractivity contribution in [3.8, 4) is 0 Å². The van der Waals surface area contributed by atoms with Crippen LogP contribution in [0.25, 0.3) is 0 Å². The molecule has 2 aromatic rings. The Labute approximate surface area is 209 Å². The number of amides is 2. The zero-order chi connectivity index (χ0) is 24.8. The molecule has 2 aliphatic heterocycles. The van der Waals surface area contributed by atoms with E-state index in [9.17, 15) is 18.4 Å². The van der Waals surface area contributed by atoms with E-state index in [1.165, 1.54) is 11.6 Å². The van der Waals surface area contributed by atoms with Gasteiger partial charge in [-0.15, -0.1) is 0 Å². The second-order valence-corrected chi connectivity index (χ2v) is 10.6. The summed E-state index contributed by atoms with van der Waals surface area (Å²) < 4.78 is 32.3. The van der Waals surface area contributed by atoms with E-state index in [4.69, 9.17) is 4.74 Å². The molecule has 2 aromatic carbocycles. The topological polar surface area (TPSA) is 61.9 Å². The van der Waals surface area contributed by atoms with Crippen molar-refractivity contribution in [1.82, 2.24) is 15.1 Å². The van der Waals surface area contributed by atoms with Crippen LogP contribution in [0.1, 0.15) is 41.9 Å². The SMILES string of the molecule is O=C(NCc1ccc(CN2CCOCC2)cc1)[C@@H]1C[C@@H]2C[C@@H]2N1C(=O)C1CC1c1ccc(F)c(F)c1. The minimum absolute atomic E-state index is 0.0256. The molecule has 0 spiro atoms. The molecule has 6 rings (SSSR count). The summed E-state index contributed by atoms with van der Waals surface area (Å²) in [6.07, 6.45) is 2.26. The van der Waals surface area contributed by atoms with Gasteiger partial charge in [-0.1, -0.05) is 30.3 Å². The fourth-order valence-corrected chi connectivity index (χ4v) is 5.87. The van der Waals surface area contributed by atoms with E-state index >= 15 is 0 Å². The van der Waals surface area contributed by atoms with Gasteiger partial charge >= 0.3 is 0 Å². The molecule has 0 bridgehead atoms. The van der Waals surface area contributed by atoms with Crippen molar-refractivity contribution in [2.75, 3.05) is 26.3 Å². The second kappa shape index (κ2) is 9.56. The molecule has 2 aliphatic carbocycles. The van der Waals surface area contributed by atoms with E-state index in [1.807, 2.05) is 12.1 Å². The summed E-state index contributed by atoms with van der Waals surface area (Å²) >= 11 is 0. The standard InChI is InChI=1S/C28H31F2N3O3/c29-23-6-5-19(11-24(23)30)21-14-22(21)28(35)33-25-12-20(25)13-26(33)27(34)31-15-17-1-3-18(4-2-17)16-32-7-9-36-10-8-32/h1-6,11,20-22,25-26H,7-10,12-16H2,(H,31,34)/t20-,21?,22?,25-,26-/m0/s1. The summed E-state index contributed by atoms with van der Waals surface area (Å²) in [5.41, 5.74) is 2.91. The van der Waals surface area contributed by atoms with Gasteiger partial charge in [0.1, 0.15) is 6.04 Å². The Morgan fingerprint density at radius 1 is 0.944 bits per heavy atom. The number of rotatable bonds is 7. The van der Waals surface area contributed by atoms with Gasteiger partial charge < -0.3 is 15.0 Å². The quantitative estimate of drug-likeness (QED) is 0.641. The van der Waals surface area contributed by atoms with E-state index < -0.39 is 17.7 Å².